The number of amides is 1. The molecule has 2 aromatic carbocycles. The fraction of sp³-hybridized carbons (Fsp3) is 0.316. The average molecular weight is 370 g/mol. The second-order valence-electron chi connectivity index (χ2n) is 6.19. The van der Waals surface area contributed by atoms with Gasteiger partial charge >= 0.3 is 0 Å². The molecule has 0 fully saturated rings. The van der Waals surface area contributed by atoms with Gasteiger partial charge in [-0.05, 0) is 52.9 Å². The topological polar surface area (TPSA) is 87.5 Å². The summed E-state index contributed by atoms with van der Waals surface area (Å²) in [4.78, 5) is 17.3. The Morgan fingerprint density at radius 2 is 1.89 bits per heavy atom. The number of carbonyl (C=O) groups is 1. The molecule has 27 heavy (non-hydrogen) atoms. The summed E-state index contributed by atoms with van der Waals surface area (Å²) in [5.74, 6) is 0.654. The average Bonchev–Trinajstić information content (AvgIpc) is 2.68. The van der Waals surface area contributed by atoms with Crippen molar-refractivity contribution in [2.45, 2.75) is 19.5 Å². The van der Waals surface area contributed by atoms with Gasteiger partial charge in [0.1, 0.15) is 17.3 Å². The Morgan fingerprint density at radius 3 is 2.52 bits per heavy atom. The highest BCUT2D eigenvalue weighted by Gasteiger charge is 2.26. The maximum Gasteiger partial charge on any atom is 0.254 e. The van der Waals surface area contributed by atoms with E-state index in [-0.39, 0.29) is 18.0 Å². The van der Waals surface area contributed by atoms with Crippen LogP contribution in [0.3, 0.4) is 0 Å². The van der Waals surface area contributed by atoms with Crippen molar-refractivity contribution in [3.05, 3.63) is 68.8 Å². The number of carbonyl (C=O) groups excluding carboxylic acids is 1. The lowest BCUT2D eigenvalue weighted by Gasteiger charge is -2.29. The van der Waals surface area contributed by atoms with Gasteiger partial charge in [-0.25, -0.2) is 4.39 Å². The Labute approximate surface area is 155 Å². The minimum atomic E-state index is -0.458. The van der Waals surface area contributed by atoms with Crippen LogP contribution in [0.1, 0.15) is 27.0 Å². The molecule has 0 aliphatic carbocycles. The number of ether oxygens (including phenoxy) is 2. The van der Waals surface area contributed by atoms with Crippen molar-refractivity contribution in [3.63, 3.8) is 0 Å². The van der Waals surface area contributed by atoms with Crippen molar-refractivity contribution in [2.24, 2.45) is 5.11 Å². The van der Waals surface area contributed by atoms with Crippen molar-refractivity contribution in [2.75, 3.05) is 20.8 Å². The standard InChI is InChI=1S/C19H19FN4O3/c1-26-15-5-12(6-16(9-15)27-2)11-24-4-3-13-8-18(20)14(10-22-23-21)7-17(13)19(24)25/h5-9H,3-4,10-11H2,1-2H3. The van der Waals surface area contributed by atoms with Gasteiger partial charge in [-0.3, -0.25) is 4.79 Å². The summed E-state index contributed by atoms with van der Waals surface area (Å²) in [6.07, 6.45) is 0.556. The number of halogens is 1. The molecule has 2 aromatic rings. The molecule has 0 saturated heterocycles. The molecule has 0 unspecified atom stereocenters. The van der Waals surface area contributed by atoms with Crippen LogP contribution in [0.4, 0.5) is 4.39 Å². The van der Waals surface area contributed by atoms with Gasteiger partial charge in [0.05, 0.1) is 20.8 Å². The molecule has 0 aromatic heterocycles. The van der Waals surface area contributed by atoms with E-state index in [1.165, 1.54) is 12.1 Å². The van der Waals surface area contributed by atoms with Crippen LogP contribution in [-0.2, 0) is 19.5 Å². The van der Waals surface area contributed by atoms with E-state index in [4.69, 9.17) is 15.0 Å². The second-order valence-corrected chi connectivity index (χ2v) is 6.19. The van der Waals surface area contributed by atoms with Gasteiger partial charge < -0.3 is 14.4 Å². The van der Waals surface area contributed by atoms with Gasteiger partial charge in [-0.15, -0.1) is 0 Å². The molecule has 7 nitrogen and oxygen atoms in total. The number of azide groups is 1. The van der Waals surface area contributed by atoms with Gasteiger partial charge in [0.15, 0.2) is 0 Å². The van der Waals surface area contributed by atoms with Crippen LogP contribution in [0.25, 0.3) is 10.4 Å². The molecule has 1 amide bonds. The molecular weight excluding hydrogens is 351 g/mol. The van der Waals surface area contributed by atoms with E-state index in [9.17, 15) is 9.18 Å². The first-order valence-electron chi connectivity index (χ1n) is 8.39. The van der Waals surface area contributed by atoms with Crippen LogP contribution in [0.5, 0.6) is 11.5 Å². The van der Waals surface area contributed by atoms with E-state index < -0.39 is 5.82 Å². The maximum absolute atomic E-state index is 14.1. The SMILES string of the molecule is COc1cc(CN2CCc3cc(F)c(CN=[N+]=[N-])cc3C2=O)cc(OC)c1. The van der Waals surface area contributed by atoms with Crippen molar-refractivity contribution < 1.29 is 18.7 Å². The molecule has 0 radical (unpaired) electrons. The fourth-order valence-electron chi connectivity index (χ4n) is 3.15. The van der Waals surface area contributed by atoms with Crippen molar-refractivity contribution in [1.29, 1.82) is 0 Å². The van der Waals surface area contributed by atoms with E-state index in [1.807, 2.05) is 12.1 Å². The van der Waals surface area contributed by atoms with Gasteiger partial charge in [0.2, 0.25) is 0 Å². The minimum absolute atomic E-state index is 0.129. The van der Waals surface area contributed by atoms with Gasteiger partial charge in [0.25, 0.3) is 5.91 Å². The third kappa shape index (κ3) is 3.96. The number of hydrogen-bond donors (Lipinski definition) is 0. The first-order valence-corrected chi connectivity index (χ1v) is 8.39. The fourth-order valence-corrected chi connectivity index (χ4v) is 3.15. The molecular formula is C19H19FN4O3. The molecule has 1 heterocycles. The number of nitrogens with zero attached hydrogens (tertiary/aromatic N) is 4. The molecule has 140 valence electrons. The Balaban J connectivity index is 1.87. The molecule has 1 aliphatic rings. The lowest BCUT2D eigenvalue weighted by molar-refractivity contribution is 0.0726. The Bertz CT molecular complexity index is 903. The summed E-state index contributed by atoms with van der Waals surface area (Å²) in [5, 5.41) is 3.39. The summed E-state index contributed by atoms with van der Waals surface area (Å²) in [6, 6.07) is 8.31. The largest absolute Gasteiger partial charge is 0.497 e. The molecule has 0 atom stereocenters. The second kappa shape index (κ2) is 7.97. The summed E-state index contributed by atoms with van der Waals surface area (Å²) < 4.78 is 24.6. The maximum atomic E-state index is 14.1. The highest BCUT2D eigenvalue weighted by atomic mass is 19.1. The smallest absolute Gasteiger partial charge is 0.254 e. The first-order chi connectivity index (χ1) is 13.0. The zero-order valence-corrected chi connectivity index (χ0v) is 15.1. The van der Waals surface area contributed by atoms with Crippen molar-refractivity contribution >= 4 is 5.91 Å². The Kier molecular flexibility index (Phi) is 5.47. The summed E-state index contributed by atoms with van der Waals surface area (Å²) in [7, 11) is 3.14. The molecule has 3 rings (SSSR count). The third-order valence-electron chi connectivity index (χ3n) is 4.53. The van der Waals surface area contributed by atoms with Crippen LogP contribution in [0, 0.1) is 5.82 Å². The zero-order valence-electron chi connectivity index (χ0n) is 15.1. The van der Waals surface area contributed by atoms with E-state index in [0.29, 0.717) is 42.1 Å². The Hall–Kier alpha value is -3.25. The number of fused-ring (bicyclic) bond motifs is 1. The predicted molar refractivity (Wildman–Crippen MR) is 97.2 cm³/mol. The monoisotopic (exact) mass is 370 g/mol. The number of hydrogen-bond acceptors (Lipinski definition) is 4. The quantitative estimate of drug-likeness (QED) is 0.439. The van der Waals surface area contributed by atoms with Gasteiger partial charge in [0, 0.05) is 29.6 Å². The van der Waals surface area contributed by atoms with Crippen molar-refractivity contribution in [1.82, 2.24) is 4.90 Å². The summed E-state index contributed by atoms with van der Waals surface area (Å²) >= 11 is 0. The zero-order chi connectivity index (χ0) is 19.4. The highest BCUT2D eigenvalue weighted by Crippen LogP contribution is 2.27. The van der Waals surface area contributed by atoms with Crippen LogP contribution in [0.2, 0.25) is 0 Å². The van der Waals surface area contributed by atoms with Gasteiger partial charge in [-0.2, -0.15) is 0 Å². The molecule has 0 bridgehead atoms. The molecule has 0 saturated carbocycles. The summed E-state index contributed by atoms with van der Waals surface area (Å²) in [6.45, 7) is 0.741. The number of rotatable bonds is 6. The van der Waals surface area contributed by atoms with E-state index in [0.717, 1.165) is 5.56 Å². The van der Waals surface area contributed by atoms with E-state index >= 15 is 0 Å². The molecule has 8 heteroatoms. The Morgan fingerprint density at radius 1 is 1.19 bits per heavy atom. The highest BCUT2D eigenvalue weighted by molar-refractivity contribution is 5.97. The van der Waals surface area contributed by atoms with E-state index in [2.05, 4.69) is 10.0 Å². The lowest BCUT2D eigenvalue weighted by Crippen LogP contribution is -2.37. The first kappa shape index (κ1) is 18.5. The molecule has 0 spiro atoms. The summed E-state index contributed by atoms with van der Waals surface area (Å²) in [5.41, 5.74) is 10.6. The van der Waals surface area contributed by atoms with Crippen molar-refractivity contribution in [3.8, 4) is 11.5 Å². The van der Waals surface area contributed by atoms with Crippen LogP contribution < -0.4 is 9.47 Å². The van der Waals surface area contributed by atoms with Crippen LogP contribution in [-0.4, -0.2) is 31.6 Å². The molecule has 1 aliphatic heterocycles. The third-order valence-corrected chi connectivity index (χ3v) is 4.53. The van der Waals surface area contributed by atoms with Gasteiger partial charge in [-0.1, -0.05) is 5.11 Å². The normalized spacial score (nSPS) is 13.0. The molecule has 0 N–H and O–H groups in total. The van der Waals surface area contributed by atoms with Crippen LogP contribution >= 0.6 is 0 Å². The number of methoxy groups -OCH3 is 2. The number of benzene rings is 2. The minimum Gasteiger partial charge on any atom is -0.497 e. The van der Waals surface area contributed by atoms with Crippen LogP contribution in [0.15, 0.2) is 35.4 Å². The van der Waals surface area contributed by atoms with E-state index in [1.54, 1.807) is 25.2 Å². The lowest BCUT2D eigenvalue weighted by atomic mass is 9.95. The predicted octanol–water partition coefficient (Wildman–Crippen LogP) is 3.85.